The first kappa shape index (κ1) is 17.4. The van der Waals surface area contributed by atoms with Crippen LogP contribution in [0.1, 0.15) is 70.8 Å². The van der Waals surface area contributed by atoms with E-state index in [0.29, 0.717) is 6.04 Å². The fraction of sp³-hybridized carbons (Fsp3) is 0.765. The number of nitrogens with one attached hydrogen (secondary N) is 1. The van der Waals surface area contributed by atoms with E-state index in [0.717, 1.165) is 10.9 Å². The number of hydrogen-bond acceptors (Lipinski definition) is 3. The summed E-state index contributed by atoms with van der Waals surface area (Å²) < 4.78 is 2.37. The normalized spacial score (nSPS) is 17.7. The molecule has 0 aromatic carbocycles. The molecule has 0 bridgehead atoms. The van der Waals surface area contributed by atoms with Crippen LogP contribution in [0.25, 0.3) is 0 Å². The second kappa shape index (κ2) is 6.65. The molecule has 1 N–H and O–H groups in total. The maximum absolute atomic E-state index is 12.3. The molecule has 1 saturated carbocycles. The standard InChI is InChI=1S/C17H29N3OS/c1-11-12(2)20(14-9-7-8-10-14)16(18-11)22-13(3)15(21)19-17(4,5)6/h13-14H,7-10H2,1-6H3,(H,19,21)/t13-/m0/s1. The molecular weight excluding hydrogens is 294 g/mol. The first-order valence-corrected chi connectivity index (χ1v) is 9.11. The van der Waals surface area contributed by atoms with Crippen molar-refractivity contribution in [1.29, 1.82) is 0 Å². The predicted octanol–water partition coefficient (Wildman–Crippen LogP) is 4.01. The fourth-order valence-electron chi connectivity index (χ4n) is 2.95. The van der Waals surface area contributed by atoms with Crippen LogP contribution in [0.2, 0.25) is 0 Å². The number of imidazole rings is 1. The molecule has 124 valence electrons. The predicted molar refractivity (Wildman–Crippen MR) is 92.4 cm³/mol. The van der Waals surface area contributed by atoms with E-state index in [1.165, 1.54) is 31.4 Å². The number of thioether (sulfide) groups is 1. The van der Waals surface area contributed by atoms with E-state index >= 15 is 0 Å². The molecule has 0 aliphatic heterocycles. The average Bonchev–Trinajstić information content (AvgIpc) is 2.97. The molecule has 0 spiro atoms. The molecule has 1 amide bonds. The largest absolute Gasteiger partial charge is 0.351 e. The zero-order valence-corrected chi connectivity index (χ0v) is 15.5. The van der Waals surface area contributed by atoms with Gasteiger partial charge in [-0.1, -0.05) is 24.6 Å². The maximum Gasteiger partial charge on any atom is 0.233 e. The Morgan fingerprint density at radius 3 is 2.45 bits per heavy atom. The Kier molecular flexibility index (Phi) is 5.25. The Labute approximate surface area is 138 Å². The molecule has 0 unspecified atom stereocenters. The SMILES string of the molecule is Cc1nc(S[C@@H](C)C(=O)NC(C)(C)C)n(C2CCCC2)c1C. The first-order chi connectivity index (χ1) is 10.2. The molecule has 5 heteroatoms. The molecular formula is C17H29N3OS. The highest BCUT2D eigenvalue weighted by molar-refractivity contribution is 8.00. The molecule has 1 aliphatic carbocycles. The minimum atomic E-state index is -0.196. The van der Waals surface area contributed by atoms with Crippen LogP contribution in [0.4, 0.5) is 0 Å². The molecule has 0 radical (unpaired) electrons. The van der Waals surface area contributed by atoms with Crippen LogP contribution >= 0.6 is 11.8 Å². The number of rotatable bonds is 4. The van der Waals surface area contributed by atoms with Crippen LogP contribution in [0, 0.1) is 13.8 Å². The lowest BCUT2D eigenvalue weighted by atomic mass is 10.1. The molecule has 1 aromatic heterocycles. The average molecular weight is 324 g/mol. The third-order valence-corrected chi connectivity index (χ3v) is 5.26. The Bertz CT molecular complexity index is 539. The first-order valence-electron chi connectivity index (χ1n) is 8.23. The van der Waals surface area contributed by atoms with Gasteiger partial charge in [-0.25, -0.2) is 4.98 Å². The monoisotopic (exact) mass is 323 g/mol. The summed E-state index contributed by atoms with van der Waals surface area (Å²) in [5.74, 6) is 0.0776. The molecule has 1 aromatic rings. The quantitative estimate of drug-likeness (QED) is 0.852. The van der Waals surface area contributed by atoms with Gasteiger partial charge in [0.2, 0.25) is 5.91 Å². The van der Waals surface area contributed by atoms with E-state index in [-0.39, 0.29) is 16.7 Å². The lowest BCUT2D eigenvalue weighted by Gasteiger charge is -2.23. The lowest BCUT2D eigenvalue weighted by molar-refractivity contribution is -0.121. The summed E-state index contributed by atoms with van der Waals surface area (Å²) in [6.45, 7) is 12.2. The summed E-state index contributed by atoms with van der Waals surface area (Å²) in [6, 6.07) is 0.557. The van der Waals surface area contributed by atoms with Gasteiger partial charge in [-0.3, -0.25) is 4.79 Å². The molecule has 1 fully saturated rings. The molecule has 1 atom stereocenters. The van der Waals surface area contributed by atoms with E-state index in [1.807, 2.05) is 27.7 Å². The van der Waals surface area contributed by atoms with Crippen molar-refractivity contribution in [3.63, 3.8) is 0 Å². The van der Waals surface area contributed by atoms with E-state index in [1.54, 1.807) is 11.8 Å². The van der Waals surface area contributed by atoms with Crippen molar-refractivity contribution in [2.75, 3.05) is 0 Å². The highest BCUT2D eigenvalue weighted by atomic mass is 32.2. The third kappa shape index (κ3) is 4.06. The highest BCUT2D eigenvalue weighted by Gasteiger charge is 2.26. The lowest BCUT2D eigenvalue weighted by Crippen LogP contribution is -2.44. The van der Waals surface area contributed by atoms with Gasteiger partial charge < -0.3 is 9.88 Å². The number of hydrogen-bond donors (Lipinski definition) is 1. The topological polar surface area (TPSA) is 46.9 Å². The van der Waals surface area contributed by atoms with Gasteiger partial charge in [0.15, 0.2) is 5.16 Å². The van der Waals surface area contributed by atoms with Crippen molar-refractivity contribution in [2.24, 2.45) is 0 Å². The summed E-state index contributed by atoms with van der Waals surface area (Å²) >= 11 is 1.58. The van der Waals surface area contributed by atoms with Crippen LogP contribution in [-0.4, -0.2) is 26.2 Å². The molecule has 4 nitrogen and oxygen atoms in total. The van der Waals surface area contributed by atoms with Gasteiger partial charge in [-0.15, -0.1) is 0 Å². The van der Waals surface area contributed by atoms with Crippen molar-refractivity contribution in [3.8, 4) is 0 Å². The van der Waals surface area contributed by atoms with Gasteiger partial charge in [-0.05, 0) is 54.4 Å². The fourth-order valence-corrected chi connectivity index (χ4v) is 4.03. The number of carbonyl (C=O) groups excluding carboxylic acids is 1. The number of aryl methyl sites for hydroxylation is 1. The summed E-state index contributed by atoms with van der Waals surface area (Å²) in [5.41, 5.74) is 2.13. The minimum Gasteiger partial charge on any atom is -0.351 e. The molecule has 1 aliphatic rings. The van der Waals surface area contributed by atoms with E-state index in [2.05, 4.69) is 23.7 Å². The Morgan fingerprint density at radius 2 is 1.91 bits per heavy atom. The van der Waals surface area contributed by atoms with Crippen molar-refractivity contribution in [3.05, 3.63) is 11.4 Å². The second-order valence-electron chi connectivity index (χ2n) is 7.37. The number of carbonyl (C=O) groups is 1. The number of aromatic nitrogens is 2. The van der Waals surface area contributed by atoms with Crippen molar-refractivity contribution in [1.82, 2.24) is 14.9 Å². The zero-order chi connectivity index (χ0) is 16.5. The van der Waals surface area contributed by atoms with Gasteiger partial charge in [0.05, 0.1) is 10.9 Å². The van der Waals surface area contributed by atoms with Crippen molar-refractivity contribution < 1.29 is 4.79 Å². The third-order valence-electron chi connectivity index (χ3n) is 4.19. The highest BCUT2D eigenvalue weighted by Crippen LogP contribution is 2.36. The van der Waals surface area contributed by atoms with Gasteiger partial charge in [0, 0.05) is 17.3 Å². The smallest absolute Gasteiger partial charge is 0.233 e. The van der Waals surface area contributed by atoms with Crippen molar-refractivity contribution >= 4 is 17.7 Å². The number of amides is 1. The Hall–Kier alpha value is -0.970. The molecule has 2 rings (SSSR count). The summed E-state index contributed by atoms with van der Waals surface area (Å²) in [4.78, 5) is 17.0. The second-order valence-corrected chi connectivity index (χ2v) is 8.68. The van der Waals surface area contributed by atoms with Crippen molar-refractivity contribution in [2.45, 2.75) is 89.2 Å². The van der Waals surface area contributed by atoms with Crippen LogP contribution < -0.4 is 5.32 Å². The minimum absolute atomic E-state index is 0.0776. The maximum atomic E-state index is 12.3. The van der Waals surface area contributed by atoms with E-state index in [4.69, 9.17) is 4.98 Å². The molecule has 22 heavy (non-hydrogen) atoms. The molecule has 0 saturated heterocycles. The van der Waals surface area contributed by atoms with Gasteiger partial charge in [0.25, 0.3) is 0 Å². The molecule has 1 heterocycles. The summed E-state index contributed by atoms with van der Waals surface area (Å²) in [6.07, 6.45) is 5.05. The zero-order valence-electron chi connectivity index (χ0n) is 14.7. The van der Waals surface area contributed by atoms with Crippen LogP contribution in [-0.2, 0) is 4.79 Å². The van der Waals surface area contributed by atoms with Gasteiger partial charge in [-0.2, -0.15) is 0 Å². The van der Waals surface area contributed by atoms with Crippen LogP contribution in [0.3, 0.4) is 0 Å². The Balaban J connectivity index is 2.15. The van der Waals surface area contributed by atoms with E-state index < -0.39 is 0 Å². The summed E-state index contributed by atoms with van der Waals surface area (Å²) in [7, 11) is 0. The summed E-state index contributed by atoms with van der Waals surface area (Å²) in [5, 5.41) is 3.91. The van der Waals surface area contributed by atoms with Gasteiger partial charge in [0.1, 0.15) is 0 Å². The van der Waals surface area contributed by atoms with Crippen LogP contribution in [0.5, 0.6) is 0 Å². The number of nitrogens with zero attached hydrogens (tertiary/aromatic N) is 2. The van der Waals surface area contributed by atoms with Crippen LogP contribution in [0.15, 0.2) is 5.16 Å². The van der Waals surface area contributed by atoms with Gasteiger partial charge >= 0.3 is 0 Å². The van der Waals surface area contributed by atoms with E-state index in [9.17, 15) is 4.79 Å². The Morgan fingerprint density at radius 1 is 1.32 bits per heavy atom.